The molecule has 0 spiro atoms. The lowest BCUT2D eigenvalue weighted by Gasteiger charge is -2.42. The lowest BCUT2D eigenvalue weighted by molar-refractivity contribution is 0.0796. The first-order valence-corrected chi connectivity index (χ1v) is 8.67. The first-order chi connectivity index (χ1) is 9.49. The van der Waals surface area contributed by atoms with Crippen molar-refractivity contribution in [2.45, 2.75) is 71.5 Å². The van der Waals surface area contributed by atoms with E-state index in [4.69, 9.17) is 0 Å². The molecule has 0 aromatic heterocycles. The highest BCUT2D eigenvalue weighted by Crippen LogP contribution is 2.40. The first kappa shape index (κ1) is 16.3. The van der Waals surface area contributed by atoms with Crippen LogP contribution in [-0.2, 0) is 0 Å². The SMILES string of the molecule is CCNC1C(N(C)C2CCN(CC)CC2)CCC1(C)C. The van der Waals surface area contributed by atoms with Crippen LogP contribution in [0.2, 0.25) is 0 Å². The van der Waals surface area contributed by atoms with Crippen LogP contribution in [0.15, 0.2) is 0 Å². The van der Waals surface area contributed by atoms with Crippen LogP contribution in [0.5, 0.6) is 0 Å². The third kappa shape index (κ3) is 3.37. The van der Waals surface area contributed by atoms with Crippen molar-refractivity contribution in [1.29, 1.82) is 0 Å². The molecule has 20 heavy (non-hydrogen) atoms. The molecular weight excluding hydrogens is 246 g/mol. The zero-order chi connectivity index (χ0) is 14.8. The minimum atomic E-state index is 0.444. The van der Waals surface area contributed by atoms with E-state index in [2.05, 4.69) is 49.9 Å². The molecule has 0 radical (unpaired) electrons. The van der Waals surface area contributed by atoms with Gasteiger partial charge in [-0.3, -0.25) is 4.90 Å². The Morgan fingerprint density at radius 2 is 1.80 bits per heavy atom. The van der Waals surface area contributed by atoms with Gasteiger partial charge in [-0.2, -0.15) is 0 Å². The summed E-state index contributed by atoms with van der Waals surface area (Å²) in [7, 11) is 2.38. The smallest absolute Gasteiger partial charge is 0.0274 e. The van der Waals surface area contributed by atoms with Crippen LogP contribution in [0.1, 0.15) is 53.4 Å². The molecule has 1 saturated carbocycles. The average Bonchev–Trinajstić information content (AvgIpc) is 2.74. The summed E-state index contributed by atoms with van der Waals surface area (Å²) in [4.78, 5) is 5.31. The Morgan fingerprint density at radius 3 is 2.35 bits per heavy atom. The molecule has 0 amide bonds. The zero-order valence-corrected chi connectivity index (χ0v) is 14.3. The van der Waals surface area contributed by atoms with E-state index in [1.807, 2.05) is 0 Å². The fraction of sp³-hybridized carbons (Fsp3) is 1.00. The van der Waals surface area contributed by atoms with Gasteiger partial charge in [-0.15, -0.1) is 0 Å². The normalized spacial score (nSPS) is 32.1. The molecule has 3 heteroatoms. The molecule has 2 rings (SSSR count). The van der Waals surface area contributed by atoms with Crippen molar-refractivity contribution in [3.8, 4) is 0 Å². The number of hydrogen-bond acceptors (Lipinski definition) is 3. The Morgan fingerprint density at radius 1 is 1.15 bits per heavy atom. The van der Waals surface area contributed by atoms with Crippen LogP contribution in [-0.4, -0.2) is 61.2 Å². The Labute approximate surface area is 126 Å². The van der Waals surface area contributed by atoms with Crippen molar-refractivity contribution in [3.05, 3.63) is 0 Å². The summed E-state index contributed by atoms with van der Waals surface area (Å²) in [6.45, 7) is 14.3. The highest BCUT2D eigenvalue weighted by atomic mass is 15.2. The number of rotatable bonds is 5. The van der Waals surface area contributed by atoms with Gasteiger partial charge in [0.25, 0.3) is 0 Å². The van der Waals surface area contributed by atoms with E-state index < -0.39 is 0 Å². The maximum absolute atomic E-state index is 3.77. The van der Waals surface area contributed by atoms with Gasteiger partial charge in [0.05, 0.1) is 0 Å². The summed E-state index contributed by atoms with van der Waals surface area (Å²) >= 11 is 0. The zero-order valence-electron chi connectivity index (χ0n) is 14.3. The van der Waals surface area contributed by atoms with Crippen LogP contribution in [0, 0.1) is 5.41 Å². The lowest BCUT2D eigenvalue weighted by atomic mass is 9.86. The van der Waals surface area contributed by atoms with E-state index in [1.165, 1.54) is 45.3 Å². The number of piperidine rings is 1. The summed E-state index contributed by atoms with van der Waals surface area (Å²) in [6, 6.07) is 2.17. The van der Waals surface area contributed by atoms with Crippen molar-refractivity contribution in [2.75, 3.05) is 33.2 Å². The molecule has 2 aliphatic rings. The molecule has 0 aromatic rings. The molecule has 1 aliphatic carbocycles. The van der Waals surface area contributed by atoms with E-state index in [9.17, 15) is 0 Å². The van der Waals surface area contributed by atoms with E-state index in [0.717, 1.165) is 18.6 Å². The molecule has 1 N–H and O–H groups in total. The highest BCUT2D eigenvalue weighted by Gasteiger charge is 2.44. The summed E-state index contributed by atoms with van der Waals surface area (Å²) < 4.78 is 0. The Balaban J connectivity index is 1.96. The third-order valence-corrected chi connectivity index (χ3v) is 5.84. The molecule has 2 unspecified atom stereocenters. The van der Waals surface area contributed by atoms with E-state index in [0.29, 0.717) is 11.5 Å². The van der Waals surface area contributed by atoms with Gasteiger partial charge < -0.3 is 10.2 Å². The Hall–Kier alpha value is -0.120. The predicted molar refractivity (Wildman–Crippen MR) is 87.2 cm³/mol. The summed E-state index contributed by atoms with van der Waals surface area (Å²) in [5.41, 5.74) is 0.444. The molecule has 1 saturated heterocycles. The predicted octanol–water partition coefficient (Wildman–Crippen LogP) is 2.57. The van der Waals surface area contributed by atoms with Crippen molar-refractivity contribution in [2.24, 2.45) is 5.41 Å². The number of nitrogens with zero attached hydrogens (tertiary/aromatic N) is 2. The van der Waals surface area contributed by atoms with Gasteiger partial charge in [0, 0.05) is 18.1 Å². The number of likely N-dealkylation sites (tertiary alicyclic amines) is 1. The molecule has 1 aliphatic heterocycles. The second-order valence-electron chi connectivity index (χ2n) is 7.46. The summed E-state index contributed by atoms with van der Waals surface area (Å²) in [6.07, 6.45) is 5.41. The molecule has 0 aromatic carbocycles. The van der Waals surface area contributed by atoms with E-state index >= 15 is 0 Å². The number of hydrogen-bond donors (Lipinski definition) is 1. The van der Waals surface area contributed by atoms with Crippen LogP contribution in [0.4, 0.5) is 0 Å². The van der Waals surface area contributed by atoms with Crippen molar-refractivity contribution in [1.82, 2.24) is 15.1 Å². The van der Waals surface area contributed by atoms with Crippen molar-refractivity contribution in [3.63, 3.8) is 0 Å². The minimum Gasteiger partial charge on any atom is -0.312 e. The van der Waals surface area contributed by atoms with Crippen LogP contribution in [0.3, 0.4) is 0 Å². The molecule has 118 valence electrons. The van der Waals surface area contributed by atoms with Crippen LogP contribution in [0.25, 0.3) is 0 Å². The van der Waals surface area contributed by atoms with E-state index in [-0.39, 0.29) is 0 Å². The van der Waals surface area contributed by atoms with Gasteiger partial charge in [0.15, 0.2) is 0 Å². The topological polar surface area (TPSA) is 18.5 Å². The van der Waals surface area contributed by atoms with Gasteiger partial charge >= 0.3 is 0 Å². The standard InChI is InChI=1S/C17H35N3/c1-6-18-16-15(8-11-17(16,3)4)19(5)14-9-12-20(7-2)13-10-14/h14-16,18H,6-13H2,1-5H3. The fourth-order valence-electron chi connectivity index (χ4n) is 4.35. The lowest BCUT2D eigenvalue weighted by Crippen LogP contribution is -2.55. The van der Waals surface area contributed by atoms with Gasteiger partial charge in [0.2, 0.25) is 0 Å². The summed E-state index contributed by atoms with van der Waals surface area (Å²) in [5.74, 6) is 0. The fourth-order valence-corrected chi connectivity index (χ4v) is 4.35. The van der Waals surface area contributed by atoms with Gasteiger partial charge in [0.1, 0.15) is 0 Å². The minimum absolute atomic E-state index is 0.444. The van der Waals surface area contributed by atoms with Crippen molar-refractivity contribution < 1.29 is 0 Å². The van der Waals surface area contributed by atoms with E-state index in [1.54, 1.807) is 0 Å². The number of nitrogens with one attached hydrogen (secondary N) is 1. The molecule has 0 bridgehead atoms. The highest BCUT2D eigenvalue weighted by molar-refractivity contribution is 5.01. The summed E-state index contributed by atoms with van der Waals surface area (Å²) in [5, 5.41) is 3.77. The second-order valence-corrected chi connectivity index (χ2v) is 7.46. The third-order valence-electron chi connectivity index (χ3n) is 5.84. The monoisotopic (exact) mass is 281 g/mol. The van der Waals surface area contributed by atoms with Gasteiger partial charge in [-0.1, -0.05) is 27.7 Å². The maximum atomic E-state index is 3.77. The Kier molecular flexibility index (Phi) is 5.49. The quantitative estimate of drug-likeness (QED) is 0.835. The average molecular weight is 281 g/mol. The molecule has 2 fully saturated rings. The van der Waals surface area contributed by atoms with Crippen LogP contribution < -0.4 is 5.32 Å². The largest absolute Gasteiger partial charge is 0.312 e. The van der Waals surface area contributed by atoms with Crippen molar-refractivity contribution >= 4 is 0 Å². The van der Waals surface area contributed by atoms with Gasteiger partial charge in [-0.05, 0) is 64.3 Å². The maximum Gasteiger partial charge on any atom is 0.0274 e. The molecule has 3 nitrogen and oxygen atoms in total. The number of likely N-dealkylation sites (N-methyl/N-ethyl adjacent to an activating group) is 2. The Bertz CT molecular complexity index is 295. The molecule has 2 atom stereocenters. The molecule has 1 heterocycles. The van der Waals surface area contributed by atoms with Gasteiger partial charge in [-0.25, -0.2) is 0 Å². The first-order valence-electron chi connectivity index (χ1n) is 8.67. The van der Waals surface area contributed by atoms with Crippen LogP contribution >= 0.6 is 0 Å². The molecular formula is C17H35N3. The second kappa shape index (κ2) is 6.76.